The molecule has 0 spiro atoms. The van der Waals surface area contributed by atoms with Gasteiger partial charge < -0.3 is 4.74 Å². The number of nitrogens with zero attached hydrogens (tertiary/aromatic N) is 3. The molecule has 7 heteroatoms. The largest absolute Gasteiger partial charge is 0.494 e. The number of hydrogen-bond donors (Lipinski definition) is 1. The van der Waals surface area contributed by atoms with Gasteiger partial charge in [0.25, 0.3) is 5.91 Å². The highest BCUT2D eigenvalue weighted by atomic mass is 127. The fourth-order valence-corrected chi connectivity index (χ4v) is 3.85. The molecule has 4 aromatic rings. The van der Waals surface area contributed by atoms with Crippen LogP contribution in [0.4, 0.5) is 0 Å². The summed E-state index contributed by atoms with van der Waals surface area (Å²) >= 11 is 2.14. The first-order valence-corrected chi connectivity index (χ1v) is 11.7. The van der Waals surface area contributed by atoms with Gasteiger partial charge in [0.2, 0.25) is 0 Å². The van der Waals surface area contributed by atoms with E-state index in [-0.39, 0.29) is 5.91 Å². The lowest BCUT2D eigenvalue weighted by atomic mass is 10.1. The van der Waals surface area contributed by atoms with Crippen molar-refractivity contribution in [3.63, 3.8) is 0 Å². The highest BCUT2D eigenvalue weighted by Crippen LogP contribution is 2.25. The first-order chi connectivity index (χ1) is 16.2. The lowest BCUT2D eigenvalue weighted by molar-refractivity contribution is 0.0954. The quantitative estimate of drug-likeness (QED) is 0.174. The Hall–Kier alpha value is -3.46. The molecule has 166 valence electrons. The molecular weight excluding hydrogens is 527 g/mol. The van der Waals surface area contributed by atoms with Crippen molar-refractivity contribution in [2.45, 2.75) is 13.3 Å². The Morgan fingerprint density at radius 3 is 2.52 bits per heavy atom. The zero-order chi connectivity index (χ0) is 23.0. The summed E-state index contributed by atoms with van der Waals surface area (Å²) in [5.41, 5.74) is 6.60. The van der Waals surface area contributed by atoms with E-state index in [1.54, 1.807) is 17.0 Å². The van der Waals surface area contributed by atoms with Crippen LogP contribution in [-0.4, -0.2) is 28.5 Å². The lowest BCUT2D eigenvalue weighted by Crippen LogP contribution is -2.18. The number of aromatic nitrogens is 2. The van der Waals surface area contributed by atoms with E-state index in [0.717, 1.165) is 38.2 Å². The van der Waals surface area contributed by atoms with Gasteiger partial charge in [-0.2, -0.15) is 10.2 Å². The minimum Gasteiger partial charge on any atom is -0.494 e. The molecule has 1 aromatic heterocycles. The molecule has 4 rings (SSSR count). The van der Waals surface area contributed by atoms with Crippen LogP contribution in [0, 0.1) is 3.57 Å². The van der Waals surface area contributed by atoms with Crippen LogP contribution < -0.4 is 10.2 Å². The van der Waals surface area contributed by atoms with E-state index >= 15 is 0 Å². The number of amides is 1. The van der Waals surface area contributed by atoms with Crippen molar-refractivity contribution in [3.8, 4) is 22.7 Å². The number of carbonyl (C=O) groups excluding carboxylic acids is 1. The maximum Gasteiger partial charge on any atom is 0.272 e. The number of para-hydroxylation sites is 1. The zero-order valence-electron chi connectivity index (χ0n) is 18.1. The molecule has 0 bridgehead atoms. The van der Waals surface area contributed by atoms with Gasteiger partial charge in [-0.1, -0.05) is 37.3 Å². The SMILES string of the molecule is CCCOc1ccc(-c2nn(-c3ccccc3)cc2/C=N/NC(=O)c2ccccc2I)cc1. The molecule has 6 nitrogen and oxygen atoms in total. The molecule has 1 amide bonds. The number of halogens is 1. The van der Waals surface area contributed by atoms with E-state index in [4.69, 9.17) is 9.84 Å². The fraction of sp³-hybridized carbons (Fsp3) is 0.115. The van der Waals surface area contributed by atoms with Gasteiger partial charge in [-0.05, 0) is 77.5 Å². The molecule has 0 aliphatic heterocycles. The van der Waals surface area contributed by atoms with Crippen LogP contribution in [0.3, 0.4) is 0 Å². The number of rotatable bonds is 8. The predicted molar refractivity (Wildman–Crippen MR) is 139 cm³/mol. The Morgan fingerprint density at radius 2 is 1.79 bits per heavy atom. The second kappa shape index (κ2) is 10.9. The van der Waals surface area contributed by atoms with Gasteiger partial charge in [0.1, 0.15) is 11.4 Å². The minimum absolute atomic E-state index is 0.259. The van der Waals surface area contributed by atoms with E-state index in [1.165, 1.54) is 0 Å². The van der Waals surface area contributed by atoms with Crippen molar-refractivity contribution < 1.29 is 9.53 Å². The number of benzene rings is 3. The van der Waals surface area contributed by atoms with Gasteiger partial charge in [-0.25, -0.2) is 10.1 Å². The summed E-state index contributed by atoms with van der Waals surface area (Å²) in [6, 6.07) is 25.1. The predicted octanol–water partition coefficient (Wildman–Crippen LogP) is 5.70. The number of hydrazone groups is 1. The average molecular weight is 550 g/mol. The number of hydrogen-bond acceptors (Lipinski definition) is 4. The van der Waals surface area contributed by atoms with Gasteiger partial charge in [0.15, 0.2) is 0 Å². The second-order valence-electron chi connectivity index (χ2n) is 7.26. The van der Waals surface area contributed by atoms with Gasteiger partial charge in [0.05, 0.1) is 24.1 Å². The monoisotopic (exact) mass is 550 g/mol. The van der Waals surface area contributed by atoms with E-state index in [9.17, 15) is 4.79 Å². The Bertz CT molecular complexity index is 1250. The molecule has 1 heterocycles. The molecule has 0 saturated carbocycles. The van der Waals surface area contributed by atoms with Gasteiger partial charge in [-0.3, -0.25) is 4.79 Å². The van der Waals surface area contributed by atoms with Crippen LogP contribution in [0.5, 0.6) is 5.75 Å². The minimum atomic E-state index is -0.259. The molecule has 0 aliphatic carbocycles. The van der Waals surface area contributed by atoms with Crippen molar-refractivity contribution in [1.29, 1.82) is 0 Å². The summed E-state index contributed by atoms with van der Waals surface area (Å²) in [6.45, 7) is 2.76. The third-order valence-electron chi connectivity index (χ3n) is 4.85. The highest BCUT2D eigenvalue weighted by Gasteiger charge is 2.12. The van der Waals surface area contributed by atoms with Crippen molar-refractivity contribution in [2.24, 2.45) is 5.10 Å². The Labute approximate surface area is 206 Å². The second-order valence-corrected chi connectivity index (χ2v) is 8.43. The summed E-state index contributed by atoms with van der Waals surface area (Å²) in [4.78, 5) is 12.5. The summed E-state index contributed by atoms with van der Waals surface area (Å²) in [7, 11) is 0. The Morgan fingerprint density at radius 1 is 1.06 bits per heavy atom. The fourth-order valence-electron chi connectivity index (χ4n) is 3.21. The molecule has 1 N–H and O–H groups in total. The van der Waals surface area contributed by atoms with Crippen molar-refractivity contribution >= 4 is 34.7 Å². The van der Waals surface area contributed by atoms with Gasteiger partial charge in [0, 0.05) is 20.9 Å². The summed E-state index contributed by atoms with van der Waals surface area (Å²) in [5.74, 6) is 0.564. The summed E-state index contributed by atoms with van der Waals surface area (Å²) < 4.78 is 8.37. The summed E-state index contributed by atoms with van der Waals surface area (Å²) in [5, 5.41) is 8.99. The van der Waals surface area contributed by atoms with Crippen LogP contribution in [0.2, 0.25) is 0 Å². The van der Waals surface area contributed by atoms with Crippen LogP contribution in [0.1, 0.15) is 29.3 Å². The van der Waals surface area contributed by atoms with E-state index in [1.807, 2.05) is 79.0 Å². The topological polar surface area (TPSA) is 68.5 Å². The number of carbonyl (C=O) groups is 1. The first kappa shape index (κ1) is 22.7. The third-order valence-corrected chi connectivity index (χ3v) is 5.79. The lowest BCUT2D eigenvalue weighted by Gasteiger charge is -2.05. The standard InChI is InChI=1S/C26H23IN4O2/c1-2-16-33-22-14-12-19(13-15-22)25-20(18-31(30-25)21-8-4-3-5-9-21)17-28-29-26(32)23-10-6-7-11-24(23)27/h3-15,17-18H,2,16H2,1H3,(H,29,32)/b28-17+. The van der Waals surface area contributed by atoms with E-state index in [0.29, 0.717) is 12.2 Å². The highest BCUT2D eigenvalue weighted by molar-refractivity contribution is 14.1. The van der Waals surface area contributed by atoms with E-state index in [2.05, 4.69) is 40.0 Å². The Balaban J connectivity index is 1.62. The van der Waals surface area contributed by atoms with Crippen molar-refractivity contribution in [1.82, 2.24) is 15.2 Å². The smallest absolute Gasteiger partial charge is 0.272 e. The molecule has 0 radical (unpaired) electrons. The van der Waals surface area contributed by atoms with Crippen molar-refractivity contribution in [2.75, 3.05) is 6.61 Å². The van der Waals surface area contributed by atoms with Gasteiger partial charge in [-0.15, -0.1) is 0 Å². The molecule has 0 saturated heterocycles. The number of nitrogens with one attached hydrogen (secondary N) is 1. The molecular formula is C26H23IN4O2. The Kier molecular flexibility index (Phi) is 7.51. The average Bonchev–Trinajstić information content (AvgIpc) is 3.28. The van der Waals surface area contributed by atoms with Crippen LogP contribution in [-0.2, 0) is 0 Å². The third kappa shape index (κ3) is 5.67. The normalized spacial score (nSPS) is 11.0. The van der Waals surface area contributed by atoms with Crippen LogP contribution >= 0.6 is 22.6 Å². The number of ether oxygens (including phenoxy) is 1. The zero-order valence-corrected chi connectivity index (χ0v) is 20.3. The van der Waals surface area contributed by atoms with Gasteiger partial charge >= 0.3 is 0 Å². The maximum atomic E-state index is 12.5. The molecule has 0 fully saturated rings. The first-order valence-electron chi connectivity index (χ1n) is 10.6. The molecule has 3 aromatic carbocycles. The van der Waals surface area contributed by atoms with Crippen LogP contribution in [0.25, 0.3) is 16.9 Å². The molecule has 0 aliphatic rings. The van der Waals surface area contributed by atoms with Crippen LogP contribution in [0.15, 0.2) is 90.2 Å². The van der Waals surface area contributed by atoms with E-state index < -0.39 is 0 Å². The van der Waals surface area contributed by atoms with Crippen molar-refractivity contribution in [3.05, 3.63) is 99.8 Å². The summed E-state index contributed by atoms with van der Waals surface area (Å²) in [6.07, 6.45) is 4.47. The molecule has 33 heavy (non-hydrogen) atoms. The molecule has 0 atom stereocenters. The molecule has 0 unspecified atom stereocenters. The maximum absolute atomic E-state index is 12.5.